The number of imidazole rings is 1. The number of anilines is 2. The van der Waals surface area contributed by atoms with Gasteiger partial charge < -0.3 is 9.88 Å². The fraction of sp³-hybridized carbons (Fsp3) is 0.400. The van der Waals surface area contributed by atoms with Gasteiger partial charge in [0.2, 0.25) is 5.95 Å². The maximum Gasteiger partial charge on any atom is 0.207 e. The van der Waals surface area contributed by atoms with Crippen molar-refractivity contribution in [3.05, 3.63) is 41.7 Å². The maximum absolute atomic E-state index is 4.39. The highest BCUT2D eigenvalue weighted by atomic mass is 15.2. The van der Waals surface area contributed by atoms with Crippen LogP contribution in [-0.4, -0.2) is 9.55 Å². The smallest absolute Gasteiger partial charge is 0.207 e. The molecule has 96 valence electrons. The molecule has 3 heteroatoms. The second kappa shape index (κ2) is 5.71. The highest BCUT2D eigenvalue weighted by molar-refractivity contribution is 5.60. The first-order valence-corrected chi connectivity index (χ1v) is 6.56. The molecule has 0 aliphatic rings. The van der Waals surface area contributed by atoms with Crippen molar-refractivity contribution in [2.75, 3.05) is 5.32 Å². The number of rotatable bonds is 5. The molecule has 0 saturated carbocycles. The fourth-order valence-corrected chi connectivity index (χ4v) is 1.95. The summed E-state index contributed by atoms with van der Waals surface area (Å²) in [5.41, 5.74) is 3.72. The van der Waals surface area contributed by atoms with Crippen LogP contribution < -0.4 is 5.32 Å². The Hall–Kier alpha value is -1.77. The van der Waals surface area contributed by atoms with E-state index in [0.717, 1.165) is 18.2 Å². The van der Waals surface area contributed by atoms with Crippen molar-refractivity contribution in [1.82, 2.24) is 9.55 Å². The summed E-state index contributed by atoms with van der Waals surface area (Å²) in [5.74, 6) is 0.928. The molecule has 0 radical (unpaired) electrons. The molecule has 18 heavy (non-hydrogen) atoms. The molecule has 2 aromatic rings. The molecule has 2 rings (SSSR count). The van der Waals surface area contributed by atoms with E-state index < -0.39 is 0 Å². The Balaban J connectivity index is 2.18. The van der Waals surface area contributed by atoms with Crippen molar-refractivity contribution in [1.29, 1.82) is 0 Å². The van der Waals surface area contributed by atoms with E-state index >= 15 is 0 Å². The first-order chi connectivity index (χ1) is 8.72. The fourth-order valence-electron chi connectivity index (χ4n) is 1.95. The number of nitrogens with one attached hydrogen (secondary N) is 1. The van der Waals surface area contributed by atoms with Crippen molar-refractivity contribution < 1.29 is 0 Å². The van der Waals surface area contributed by atoms with Gasteiger partial charge in [0, 0.05) is 24.6 Å². The lowest BCUT2D eigenvalue weighted by molar-refractivity contribution is 0.638. The molecule has 3 nitrogen and oxygen atoms in total. The number of unbranched alkanes of at least 4 members (excludes halogenated alkanes) is 1. The van der Waals surface area contributed by atoms with Crippen LogP contribution >= 0.6 is 0 Å². The summed E-state index contributed by atoms with van der Waals surface area (Å²) in [6, 6.07) is 6.30. The van der Waals surface area contributed by atoms with Crippen LogP contribution in [0.3, 0.4) is 0 Å². The Morgan fingerprint density at radius 3 is 2.89 bits per heavy atom. The van der Waals surface area contributed by atoms with Crippen molar-refractivity contribution in [2.24, 2.45) is 0 Å². The normalized spacial score (nSPS) is 10.6. The van der Waals surface area contributed by atoms with Crippen LogP contribution in [0.25, 0.3) is 0 Å². The SMILES string of the molecule is CCCCn1ccnc1Nc1cccc(C)c1C. The van der Waals surface area contributed by atoms with E-state index in [-0.39, 0.29) is 0 Å². The second-order valence-electron chi connectivity index (χ2n) is 4.67. The molecule has 1 N–H and O–H groups in total. The Bertz CT molecular complexity index is 514. The van der Waals surface area contributed by atoms with Crippen LogP contribution in [0.1, 0.15) is 30.9 Å². The number of benzene rings is 1. The summed E-state index contributed by atoms with van der Waals surface area (Å²) in [7, 11) is 0. The van der Waals surface area contributed by atoms with Gasteiger partial charge in [-0.2, -0.15) is 0 Å². The highest BCUT2D eigenvalue weighted by Crippen LogP contribution is 2.22. The lowest BCUT2D eigenvalue weighted by Gasteiger charge is -2.12. The predicted molar refractivity (Wildman–Crippen MR) is 76.3 cm³/mol. The van der Waals surface area contributed by atoms with Crippen molar-refractivity contribution >= 4 is 11.6 Å². The molecule has 0 atom stereocenters. The molecular weight excluding hydrogens is 222 g/mol. The van der Waals surface area contributed by atoms with E-state index in [1.54, 1.807) is 0 Å². The molecule has 0 aliphatic carbocycles. The van der Waals surface area contributed by atoms with E-state index in [1.165, 1.54) is 24.0 Å². The van der Waals surface area contributed by atoms with Gasteiger partial charge >= 0.3 is 0 Å². The third-order valence-electron chi connectivity index (χ3n) is 3.32. The summed E-state index contributed by atoms with van der Waals surface area (Å²) in [4.78, 5) is 4.39. The van der Waals surface area contributed by atoms with E-state index in [2.05, 4.69) is 53.8 Å². The average Bonchev–Trinajstić information content (AvgIpc) is 2.80. The van der Waals surface area contributed by atoms with Gasteiger partial charge in [-0.25, -0.2) is 4.98 Å². The Kier molecular flexibility index (Phi) is 4.03. The van der Waals surface area contributed by atoms with Gasteiger partial charge in [-0.15, -0.1) is 0 Å². The first kappa shape index (κ1) is 12.7. The summed E-state index contributed by atoms with van der Waals surface area (Å²) in [6.45, 7) is 7.49. The molecule has 1 aromatic heterocycles. The Morgan fingerprint density at radius 1 is 1.28 bits per heavy atom. The van der Waals surface area contributed by atoms with Crippen molar-refractivity contribution in [3.8, 4) is 0 Å². The zero-order valence-electron chi connectivity index (χ0n) is 11.4. The van der Waals surface area contributed by atoms with E-state index in [9.17, 15) is 0 Å². The highest BCUT2D eigenvalue weighted by Gasteiger charge is 2.05. The summed E-state index contributed by atoms with van der Waals surface area (Å²) in [6.07, 6.45) is 6.26. The third kappa shape index (κ3) is 2.73. The monoisotopic (exact) mass is 243 g/mol. The molecule has 1 aromatic carbocycles. The van der Waals surface area contributed by atoms with Gasteiger partial charge in [0.25, 0.3) is 0 Å². The summed E-state index contributed by atoms with van der Waals surface area (Å²) >= 11 is 0. The molecule has 0 fully saturated rings. The summed E-state index contributed by atoms with van der Waals surface area (Å²) < 4.78 is 2.17. The molecule has 0 unspecified atom stereocenters. The lowest BCUT2D eigenvalue weighted by atomic mass is 10.1. The topological polar surface area (TPSA) is 29.9 Å². The average molecular weight is 243 g/mol. The van der Waals surface area contributed by atoms with Gasteiger partial charge in [0.15, 0.2) is 0 Å². The van der Waals surface area contributed by atoms with E-state index in [1.807, 2.05) is 12.4 Å². The molecule has 0 aliphatic heterocycles. The van der Waals surface area contributed by atoms with Gasteiger partial charge in [-0.05, 0) is 37.5 Å². The number of nitrogens with zero attached hydrogens (tertiary/aromatic N) is 2. The first-order valence-electron chi connectivity index (χ1n) is 6.56. The largest absolute Gasteiger partial charge is 0.325 e. The van der Waals surface area contributed by atoms with Crippen LogP contribution in [-0.2, 0) is 6.54 Å². The lowest BCUT2D eigenvalue weighted by Crippen LogP contribution is -2.04. The predicted octanol–water partition coefficient (Wildman–Crippen LogP) is 4.04. The van der Waals surface area contributed by atoms with Gasteiger partial charge in [0.1, 0.15) is 0 Å². The van der Waals surface area contributed by atoms with Crippen LogP contribution in [0, 0.1) is 13.8 Å². The summed E-state index contributed by atoms with van der Waals surface area (Å²) in [5, 5.41) is 3.42. The van der Waals surface area contributed by atoms with Crippen LogP contribution in [0.5, 0.6) is 0 Å². The molecule has 0 amide bonds. The van der Waals surface area contributed by atoms with Crippen LogP contribution in [0.2, 0.25) is 0 Å². The standard InChI is InChI=1S/C15H21N3/c1-4-5-10-18-11-9-16-15(18)17-14-8-6-7-12(2)13(14)3/h6-9,11H,4-5,10H2,1-3H3,(H,16,17). The van der Waals surface area contributed by atoms with Crippen LogP contribution in [0.4, 0.5) is 11.6 Å². The van der Waals surface area contributed by atoms with Gasteiger partial charge in [0.05, 0.1) is 0 Å². The zero-order valence-corrected chi connectivity index (χ0v) is 11.4. The van der Waals surface area contributed by atoms with Gasteiger partial charge in [-0.1, -0.05) is 25.5 Å². The minimum absolute atomic E-state index is 0.928. The number of aromatic nitrogens is 2. The number of hydrogen-bond donors (Lipinski definition) is 1. The van der Waals surface area contributed by atoms with E-state index in [4.69, 9.17) is 0 Å². The number of aryl methyl sites for hydroxylation is 2. The zero-order chi connectivity index (χ0) is 13.0. The molecule has 0 spiro atoms. The number of hydrogen-bond acceptors (Lipinski definition) is 2. The van der Waals surface area contributed by atoms with Crippen molar-refractivity contribution in [3.63, 3.8) is 0 Å². The third-order valence-corrected chi connectivity index (χ3v) is 3.32. The van der Waals surface area contributed by atoms with Crippen molar-refractivity contribution in [2.45, 2.75) is 40.2 Å². The maximum atomic E-state index is 4.39. The molecular formula is C15H21N3. The molecule has 1 heterocycles. The minimum atomic E-state index is 0.928. The Morgan fingerprint density at radius 2 is 2.11 bits per heavy atom. The van der Waals surface area contributed by atoms with E-state index in [0.29, 0.717) is 0 Å². The molecule has 0 saturated heterocycles. The quantitative estimate of drug-likeness (QED) is 0.858. The molecule has 0 bridgehead atoms. The minimum Gasteiger partial charge on any atom is -0.325 e. The Labute approximate surface area is 109 Å². The van der Waals surface area contributed by atoms with Crippen LogP contribution in [0.15, 0.2) is 30.6 Å². The van der Waals surface area contributed by atoms with Gasteiger partial charge in [-0.3, -0.25) is 0 Å². The second-order valence-corrected chi connectivity index (χ2v) is 4.67.